The van der Waals surface area contributed by atoms with E-state index in [9.17, 15) is 9.18 Å². The van der Waals surface area contributed by atoms with Crippen LogP contribution in [0.2, 0.25) is 0 Å². The second-order valence-electron chi connectivity index (χ2n) is 8.57. The van der Waals surface area contributed by atoms with Gasteiger partial charge in [0.15, 0.2) is 0 Å². The van der Waals surface area contributed by atoms with Gasteiger partial charge in [0.25, 0.3) is 5.91 Å². The number of likely N-dealkylation sites (tertiary alicyclic amines) is 1. The Morgan fingerprint density at radius 3 is 2.66 bits per heavy atom. The van der Waals surface area contributed by atoms with E-state index in [4.69, 9.17) is 9.72 Å². The summed E-state index contributed by atoms with van der Waals surface area (Å²) in [6.07, 6.45) is 2.62. The molecule has 2 heterocycles. The number of benzene rings is 2. The van der Waals surface area contributed by atoms with E-state index in [1.54, 1.807) is 19.2 Å². The molecular formula is C27H29FN2O2. The summed E-state index contributed by atoms with van der Waals surface area (Å²) in [4.78, 5) is 19.8. The molecule has 4 nitrogen and oxygen atoms in total. The molecule has 3 aromatic rings. The normalized spacial score (nSPS) is 16.2. The first kappa shape index (κ1) is 22.2. The van der Waals surface area contributed by atoms with Gasteiger partial charge in [-0.2, -0.15) is 0 Å². The molecule has 1 aliphatic rings. The number of amides is 1. The van der Waals surface area contributed by atoms with E-state index in [2.05, 4.69) is 12.1 Å². The van der Waals surface area contributed by atoms with Crippen molar-refractivity contribution in [2.45, 2.75) is 38.7 Å². The molecule has 0 unspecified atom stereocenters. The summed E-state index contributed by atoms with van der Waals surface area (Å²) < 4.78 is 18.7. The maximum Gasteiger partial charge on any atom is 0.253 e. The molecule has 4 rings (SSSR count). The molecule has 1 amide bonds. The Hall–Kier alpha value is -3.05. The Balaban J connectivity index is 1.49. The number of carbonyl (C=O) groups is 1. The van der Waals surface area contributed by atoms with E-state index in [0.29, 0.717) is 25.1 Å². The largest absolute Gasteiger partial charge is 0.380 e. The number of pyridine rings is 1. The van der Waals surface area contributed by atoms with Crippen molar-refractivity contribution in [2.75, 3.05) is 20.2 Å². The van der Waals surface area contributed by atoms with Crippen LogP contribution in [0.3, 0.4) is 0 Å². The predicted molar refractivity (Wildman–Crippen MR) is 123 cm³/mol. The molecular weight excluding hydrogens is 403 g/mol. The Bertz CT molecular complexity index is 1080. The zero-order chi connectivity index (χ0) is 22.5. The summed E-state index contributed by atoms with van der Waals surface area (Å²) in [5.41, 5.74) is 5.79. The summed E-state index contributed by atoms with van der Waals surface area (Å²) >= 11 is 0. The molecule has 166 valence electrons. The van der Waals surface area contributed by atoms with Crippen molar-refractivity contribution in [1.82, 2.24) is 9.88 Å². The van der Waals surface area contributed by atoms with Crippen LogP contribution < -0.4 is 0 Å². The molecule has 1 aliphatic heterocycles. The minimum Gasteiger partial charge on any atom is -0.380 e. The van der Waals surface area contributed by atoms with Gasteiger partial charge in [-0.15, -0.1) is 0 Å². The van der Waals surface area contributed by atoms with Gasteiger partial charge in [0.1, 0.15) is 5.82 Å². The van der Waals surface area contributed by atoms with E-state index >= 15 is 0 Å². The van der Waals surface area contributed by atoms with Crippen LogP contribution in [0, 0.1) is 12.7 Å². The first-order valence-corrected chi connectivity index (χ1v) is 11.1. The molecule has 0 spiro atoms. The molecule has 0 radical (unpaired) electrons. The molecule has 5 heteroatoms. The highest BCUT2D eigenvalue weighted by Gasteiger charge is 2.26. The van der Waals surface area contributed by atoms with E-state index < -0.39 is 0 Å². The highest BCUT2D eigenvalue weighted by Crippen LogP contribution is 2.28. The summed E-state index contributed by atoms with van der Waals surface area (Å²) in [5.74, 6) is 0.0446. The molecule has 1 atom stereocenters. The highest BCUT2D eigenvalue weighted by molar-refractivity contribution is 5.94. The minimum atomic E-state index is -0.217. The number of piperidine rings is 1. The third-order valence-corrected chi connectivity index (χ3v) is 5.97. The monoisotopic (exact) mass is 432 g/mol. The zero-order valence-electron chi connectivity index (χ0n) is 18.7. The van der Waals surface area contributed by atoms with Crippen molar-refractivity contribution < 1.29 is 13.9 Å². The minimum absolute atomic E-state index is 0.0614. The molecule has 2 aromatic carbocycles. The maximum atomic E-state index is 13.6. The average molecular weight is 433 g/mol. The first-order chi connectivity index (χ1) is 15.5. The van der Waals surface area contributed by atoms with Crippen molar-refractivity contribution in [2.24, 2.45) is 0 Å². The van der Waals surface area contributed by atoms with Crippen LogP contribution in [0.4, 0.5) is 4.39 Å². The van der Waals surface area contributed by atoms with Gasteiger partial charge < -0.3 is 9.64 Å². The number of hydrogen-bond acceptors (Lipinski definition) is 3. The lowest BCUT2D eigenvalue weighted by Crippen LogP contribution is -2.39. The number of aryl methyl sites for hydroxylation is 1. The van der Waals surface area contributed by atoms with Gasteiger partial charge >= 0.3 is 0 Å². The Morgan fingerprint density at radius 2 is 1.91 bits per heavy atom. The van der Waals surface area contributed by atoms with E-state index in [1.807, 2.05) is 42.2 Å². The highest BCUT2D eigenvalue weighted by atomic mass is 19.1. The maximum absolute atomic E-state index is 13.6. The van der Waals surface area contributed by atoms with Crippen LogP contribution in [0.1, 0.15) is 57.2 Å². The Labute approximate surface area is 189 Å². The topological polar surface area (TPSA) is 42.4 Å². The van der Waals surface area contributed by atoms with Gasteiger partial charge in [0.2, 0.25) is 0 Å². The SMILES string of the molecule is COCc1ccc(C(=O)N2CCC[C@@H](c3cc(Cc4cccc(F)c4)cc(C)n3)C2)cc1. The third-order valence-electron chi connectivity index (χ3n) is 5.97. The van der Waals surface area contributed by atoms with Crippen molar-refractivity contribution in [1.29, 1.82) is 0 Å². The van der Waals surface area contributed by atoms with Gasteiger partial charge in [-0.25, -0.2) is 4.39 Å². The Morgan fingerprint density at radius 1 is 1.09 bits per heavy atom. The van der Waals surface area contributed by atoms with Crippen molar-refractivity contribution in [3.05, 3.63) is 100 Å². The van der Waals surface area contributed by atoms with Crippen LogP contribution in [-0.2, 0) is 17.8 Å². The number of ether oxygens (including phenoxy) is 1. The molecule has 0 N–H and O–H groups in total. The molecule has 0 bridgehead atoms. The smallest absolute Gasteiger partial charge is 0.253 e. The van der Waals surface area contributed by atoms with Crippen LogP contribution in [-0.4, -0.2) is 36.0 Å². The zero-order valence-corrected chi connectivity index (χ0v) is 18.7. The fourth-order valence-corrected chi connectivity index (χ4v) is 4.46. The number of carbonyl (C=O) groups excluding carboxylic acids is 1. The molecule has 1 aromatic heterocycles. The second kappa shape index (κ2) is 10.0. The van der Waals surface area contributed by atoms with Crippen LogP contribution >= 0.6 is 0 Å². The van der Waals surface area contributed by atoms with Gasteiger partial charge in [0, 0.05) is 43.1 Å². The molecule has 1 fully saturated rings. The number of aromatic nitrogens is 1. The first-order valence-electron chi connectivity index (χ1n) is 11.1. The lowest BCUT2D eigenvalue weighted by atomic mass is 9.92. The second-order valence-corrected chi connectivity index (χ2v) is 8.57. The number of nitrogens with zero attached hydrogens (tertiary/aromatic N) is 2. The van der Waals surface area contributed by atoms with Crippen LogP contribution in [0.15, 0.2) is 60.7 Å². The van der Waals surface area contributed by atoms with Gasteiger partial charge in [-0.1, -0.05) is 24.3 Å². The van der Waals surface area contributed by atoms with Crippen molar-refractivity contribution in [3.8, 4) is 0 Å². The predicted octanol–water partition coefficient (Wildman–Crippen LogP) is 5.29. The van der Waals surface area contributed by atoms with Gasteiger partial charge in [0.05, 0.1) is 6.61 Å². The number of methoxy groups -OCH3 is 1. The lowest BCUT2D eigenvalue weighted by Gasteiger charge is -2.33. The fraction of sp³-hybridized carbons (Fsp3) is 0.333. The lowest BCUT2D eigenvalue weighted by molar-refractivity contribution is 0.0706. The van der Waals surface area contributed by atoms with Crippen molar-refractivity contribution >= 4 is 5.91 Å². The number of halogens is 1. The van der Waals surface area contributed by atoms with E-state index in [0.717, 1.165) is 47.5 Å². The van der Waals surface area contributed by atoms with Crippen LogP contribution in [0.5, 0.6) is 0 Å². The van der Waals surface area contributed by atoms with Crippen LogP contribution in [0.25, 0.3) is 0 Å². The summed E-state index contributed by atoms with van der Waals surface area (Å²) in [6, 6.07) is 18.5. The Kier molecular flexibility index (Phi) is 6.96. The molecule has 0 saturated carbocycles. The van der Waals surface area contributed by atoms with Crippen molar-refractivity contribution in [3.63, 3.8) is 0 Å². The number of hydrogen-bond donors (Lipinski definition) is 0. The molecule has 32 heavy (non-hydrogen) atoms. The summed E-state index contributed by atoms with van der Waals surface area (Å²) in [6.45, 7) is 3.95. The molecule has 0 aliphatic carbocycles. The van der Waals surface area contributed by atoms with Gasteiger partial charge in [-0.3, -0.25) is 9.78 Å². The fourth-order valence-electron chi connectivity index (χ4n) is 4.46. The third kappa shape index (κ3) is 5.40. The average Bonchev–Trinajstić information content (AvgIpc) is 2.79. The van der Waals surface area contributed by atoms with E-state index in [-0.39, 0.29) is 17.6 Å². The van der Waals surface area contributed by atoms with Gasteiger partial charge in [-0.05, 0) is 79.3 Å². The number of rotatable bonds is 6. The molecule has 1 saturated heterocycles. The van der Waals surface area contributed by atoms with E-state index in [1.165, 1.54) is 6.07 Å². The summed E-state index contributed by atoms with van der Waals surface area (Å²) in [7, 11) is 1.66. The standard InChI is InChI=1S/C27H29FN2O2/c1-19-13-22(14-21-5-3-7-25(28)15-21)16-26(29-19)24-6-4-12-30(17-24)27(31)23-10-8-20(9-11-23)18-32-2/h3,5,7-11,13,15-16,24H,4,6,12,14,17-18H2,1-2H3/t24-/m1/s1. The quantitative estimate of drug-likeness (QED) is 0.532. The summed E-state index contributed by atoms with van der Waals surface area (Å²) in [5, 5.41) is 0.